The zero-order valence-corrected chi connectivity index (χ0v) is 12.8. The lowest BCUT2D eigenvalue weighted by atomic mass is 10.0. The number of rotatable bonds is 6. The number of carbonyl (C=O) groups excluding carboxylic acids is 2. The van der Waals surface area contributed by atoms with Gasteiger partial charge in [0.05, 0.1) is 12.8 Å². The predicted molar refractivity (Wildman–Crippen MR) is 82.4 cm³/mol. The van der Waals surface area contributed by atoms with Gasteiger partial charge in [0.25, 0.3) is 0 Å². The third kappa shape index (κ3) is 3.83. The van der Waals surface area contributed by atoms with Gasteiger partial charge in [-0.3, -0.25) is 9.59 Å². The molecule has 0 saturated carbocycles. The second-order valence-corrected chi connectivity index (χ2v) is 5.23. The van der Waals surface area contributed by atoms with Crippen LogP contribution in [0.15, 0.2) is 18.2 Å². The van der Waals surface area contributed by atoms with Crippen LogP contribution in [0.4, 0.5) is 5.69 Å². The Morgan fingerprint density at radius 3 is 2.45 bits per heavy atom. The summed E-state index contributed by atoms with van der Waals surface area (Å²) < 4.78 is 5.26. The molecule has 1 amide bonds. The van der Waals surface area contributed by atoms with Crippen molar-refractivity contribution >= 4 is 17.4 Å². The van der Waals surface area contributed by atoms with Crippen LogP contribution in [0.2, 0.25) is 0 Å². The minimum atomic E-state index is -0.0692. The van der Waals surface area contributed by atoms with E-state index in [0.29, 0.717) is 17.0 Å². The molecule has 1 atom stereocenters. The van der Waals surface area contributed by atoms with Crippen LogP contribution in [0.5, 0.6) is 5.75 Å². The highest BCUT2D eigenvalue weighted by Gasteiger charge is 2.16. The molecule has 0 heterocycles. The number of methoxy groups -OCH3 is 1. The van der Waals surface area contributed by atoms with Gasteiger partial charge in [-0.15, -0.1) is 0 Å². The van der Waals surface area contributed by atoms with Crippen molar-refractivity contribution in [2.45, 2.75) is 34.1 Å². The third-order valence-corrected chi connectivity index (χ3v) is 3.33. The number of ether oxygens (including phenoxy) is 1. The molecule has 0 aliphatic heterocycles. The first kappa shape index (κ1) is 16.2. The van der Waals surface area contributed by atoms with E-state index in [4.69, 9.17) is 4.74 Å². The summed E-state index contributed by atoms with van der Waals surface area (Å²) >= 11 is 0. The Hall–Kier alpha value is -1.84. The molecule has 0 bridgehead atoms. The summed E-state index contributed by atoms with van der Waals surface area (Å²) in [6.07, 6.45) is 0.776. The summed E-state index contributed by atoms with van der Waals surface area (Å²) in [5.41, 5.74) is 1.19. The normalized spacial score (nSPS) is 12.1. The fourth-order valence-corrected chi connectivity index (χ4v) is 1.72. The molecular weight excluding hydrogens is 254 g/mol. The maximum absolute atomic E-state index is 12.0. The second kappa shape index (κ2) is 7.08. The van der Waals surface area contributed by atoms with Gasteiger partial charge in [-0.1, -0.05) is 27.7 Å². The molecule has 1 aromatic carbocycles. The summed E-state index contributed by atoms with van der Waals surface area (Å²) in [7, 11) is 1.53. The topological polar surface area (TPSA) is 55.4 Å². The fourth-order valence-electron chi connectivity index (χ4n) is 1.72. The average Bonchev–Trinajstić information content (AvgIpc) is 2.45. The van der Waals surface area contributed by atoms with E-state index in [1.54, 1.807) is 18.2 Å². The average molecular weight is 279 g/mol. The van der Waals surface area contributed by atoms with E-state index in [1.165, 1.54) is 7.11 Å². The summed E-state index contributed by atoms with van der Waals surface area (Å²) in [5, 5.41) is 2.83. The second-order valence-electron chi connectivity index (χ2n) is 5.23. The van der Waals surface area contributed by atoms with Gasteiger partial charge in [0.1, 0.15) is 5.75 Å². The molecule has 0 saturated heterocycles. The Bertz CT molecular complexity index is 500. The Kier molecular flexibility index (Phi) is 5.74. The Balaban J connectivity index is 0.00000400. The van der Waals surface area contributed by atoms with Crippen molar-refractivity contribution in [3.05, 3.63) is 23.8 Å². The van der Waals surface area contributed by atoms with E-state index in [1.807, 2.05) is 27.7 Å². The van der Waals surface area contributed by atoms with Crippen LogP contribution in [-0.2, 0) is 4.79 Å². The standard InChI is InChI=1S/C16H23NO3.H2/c1-6-11(4)16(19)17-13-8-7-12(9-14(13)20-5)15(18)10(2)3;/h7-11H,6H2,1-5H3,(H,17,19);1H. The van der Waals surface area contributed by atoms with E-state index >= 15 is 0 Å². The monoisotopic (exact) mass is 279 g/mol. The van der Waals surface area contributed by atoms with Gasteiger partial charge in [-0.05, 0) is 24.6 Å². The molecule has 112 valence electrons. The number of hydrogen-bond donors (Lipinski definition) is 1. The van der Waals surface area contributed by atoms with Gasteiger partial charge in [0.2, 0.25) is 5.91 Å². The smallest absolute Gasteiger partial charge is 0.227 e. The number of ketones is 1. The minimum Gasteiger partial charge on any atom is -0.495 e. The highest BCUT2D eigenvalue weighted by Crippen LogP contribution is 2.27. The van der Waals surface area contributed by atoms with Gasteiger partial charge in [-0.25, -0.2) is 0 Å². The lowest BCUT2D eigenvalue weighted by molar-refractivity contribution is -0.119. The largest absolute Gasteiger partial charge is 0.495 e. The fraction of sp³-hybridized carbons (Fsp3) is 0.500. The van der Waals surface area contributed by atoms with Crippen LogP contribution in [0.25, 0.3) is 0 Å². The third-order valence-electron chi connectivity index (χ3n) is 3.33. The van der Waals surface area contributed by atoms with Crippen molar-refractivity contribution in [1.82, 2.24) is 0 Å². The number of Topliss-reactive ketones (excluding diaryl/α,β-unsaturated/α-hetero) is 1. The lowest BCUT2D eigenvalue weighted by Crippen LogP contribution is -2.20. The summed E-state index contributed by atoms with van der Waals surface area (Å²) in [5.74, 6) is 0.391. The molecule has 1 aromatic rings. The van der Waals surface area contributed by atoms with Crippen molar-refractivity contribution in [3.63, 3.8) is 0 Å². The summed E-state index contributed by atoms with van der Waals surface area (Å²) in [6.45, 7) is 7.55. The van der Waals surface area contributed by atoms with Crippen molar-refractivity contribution in [2.75, 3.05) is 12.4 Å². The lowest BCUT2D eigenvalue weighted by Gasteiger charge is -2.14. The molecule has 4 heteroatoms. The van der Waals surface area contributed by atoms with Crippen molar-refractivity contribution in [1.29, 1.82) is 0 Å². The molecule has 0 spiro atoms. The highest BCUT2D eigenvalue weighted by atomic mass is 16.5. The van der Waals surface area contributed by atoms with E-state index in [0.717, 1.165) is 6.42 Å². The van der Waals surface area contributed by atoms with Gasteiger partial charge >= 0.3 is 0 Å². The Morgan fingerprint density at radius 1 is 1.30 bits per heavy atom. The quantitative estimate of drug-likeness (QED) is 0.806. The molecule has 0 aliphatic carbocycles. The maximum Gasteiger partial charge on any atom is 0.227 e. The molecule has 0 fully saturated rings. The Morgan fingerprint density at radius 2 is 1.95 bits per heavy atom. The van der Waals surface area contributed by atoms with E-state index in [9.17, 15) is 9.59 Å². The Labute approximate surface area is 122 Å². The molecule has 4 nitrogen and oxygen atoms in total. The predicted octanol–water partition coefficient (Wildman–Crippen LogP) is 3.76. The van der Waals surface area contributed by atoms with Crippen LogP contribution < -0.4 is 10.1 Å². The SMILES string of the molecule is CCC(C)C(=O)Nc1ccc(C(=O)C(C)C)cc1OC.[HH]. The first-order valence-electron chi connectivity index (χ1n) is 6.93. The van der Waals surface area contributed by atoms with Crippen molar-refractivity contribution in [3.8, 4) is 5.75 Å². The molecule has 0 aromatic heterocycles. The van der Waals surface area contributed by atoms with Gasteiger partial charge in [-0.2, -0.15) is 0 Å². The zero-order valence-electron chi connectivity index (χ0n) is 12.8. The number of anilines is 1. The minimum absolute atomic E-state index is 0. The van der Waals surface area contributed by atoms with Crippen LogP contribution in [-0.4, -0.2) is 18.8 Å². The number of benzene rings is 1. The van der Waals surface area contributed by atoms with E-state index in [2.05, 4.69) is 5.32 Å². The van der Waals surface area contributed by atoms with Crippen molar-refractivity contribution < 1.29 is 15.8 Å². The first-order chi connectivity index (χ1) is 9.40. The van der Waals surface area contributed by atoms with Crippen LogP contribution in [0, 0.1) is 11.8 Å². The summed E-state index contributed by atoms with van der Waals surface area (Å²) in [6, 6.07) is 5.11. The number of nitrogens with one attached hydrogen (secondary N) is 1. The number of hydrogen-bond acceptors (Lipinski definition) is 3. The van der Waals surface area contributed by atoms with E-state index in [-0.39, 0.29) is 25.0 Å². The molecule has 0 radical (unpaired) electrons. The number of amides is 1. The molecule has 20 heavy (non-hydrogen) atoms. The van der Waals surface area contributed by atoms with Crippen LogP contribution >= 0.6 is 0 Å². The molecule has 1 unspecified atom stereocenters. The van der Waals surface area contributed by atoms with Crippen LogP contribution in [0.1, 0.15) is 45.9 Å². The highest BCUT2D eigenvalue weighted by molar-refractivity contribution is 5.99. The molecule has 1 rings (SSSR count). The first-order valence-corrected chi connectivity index (χ1v) is 6.93. The van der Waals surface area contributed by atoms with Gasteiger partial charge in [0, 0.05) is 18.8 Å². The zero-order chi connectivity index (χ0) is 15.3. The van der Waals surface area contributed by atoms with Gasteiger partial charge < -0.3 is 10.1 Å². The summed E-state index contributed by atoms with van der Waals surface area (Å²) in [4.78, 5) is 23.9. The molecule has 0 aliphatic rings. The number of carbonyl (C=O) groups is 2. The van der Waals surface area contributed by atoms with Gasteiger partial charge in [0.15, 0.2) is 5.78 Å². The molecular formula is C16H25NO3. The maximum atomic E-state index is 12.0. The molecule has 1 N–H and O–H groups in total. The van der Waals surface area contributed by atoms with E-state index < -0.39 is 0 Å². The van der Waals surface area contributed by atoms with Crippen LogP contribution in [0.3, 0.4) is 0 Å². The van der Waals surface area contributed by atoms with Crippen molar-refractivity contribution in [2.24, 2.45) is 11.8 Å².